The minimum atomic E-state index is -0.662. The SMILES string of the molecule is CCOC(=O)CN1C(=O)C2C(N=C3N(c4ccc(OCC)cc4)CCCCN32)N(C)C1=O. The maximum absolute atomic E-state index is 13.4. The molecule has 2 fully saturated rings. The van der Waals surface area contributed by atoms with Crippen LogP contribution in [0.15, 0.2) is 29.3 Å². The topological polar surface area (TPSA) is 95.0 Å². The summed E-state index contributed by atoms with van der Waals surface area (Å²) in [7, 11) is 1.61. The van der Waals surface area contributed by atoms with Crippen LogP contribution in [-0.4, -0.2) is 90.7 Å². The molecule has 2 atom stereocenters. The van der Waals surface area contributed by atoms with Crippen molar-refractivity contribution in [3.8, 4) is 5.75 Å². The predicted molar refractivity (Wildman–Crippen MR) is 117 cm³/mol. The summed E-state index contributed by atoms with van der Waals surface area (Å²) < 4.78 is 10.5. The number of urea groups is 1. The normalized spacial score (nSPS) is 22.9. The second kappa shape index (κ2) is 9.05. The van der Waals surface area contributed by atoms with Crippen molar-refractivity contribution in [2.45, 2.75) is 38.9 Å². The maximum Gasteiger partial charge on any atom is 0.328 e. The molecular weight excluding hydrogens is 414 g/mol. The van der Waals surface area contributed by atoms with E-state index in [0.29, 0.717) is 19.1 Å². The Kier molecular flexibility index (Phi) is 6.20. The van der Waals surface area contributed by atoms with Crippen molar-refractivity contribution in [1.29, 1.82) is 0 Å². The summed E-state index contributed by atoms with van der Waals surface area (Å²) in [4.78, 5) is 49.5. The largest absolute Gasteiger partial charge is 0.494 e. The summed E-state index contributed by atoms with van der Waals surface area (Å²) >= 11 is 0. The van der Waals surface area contributed by atoms with E-state index in [1.807, 2.05) is 36.1 Å². The Morgan fingerprint density at radius 1 is 1.09 bits per heavy atom. The van der Waals surface area contributed by atoms with Crippen molar-refractivity contribution in [1.82, 2.24) is 14.7 Å². The second-order valence-corrected chi connectivity index (χ2v) is 7.89. The van der Waals surface area contributed by atoms with Gasteiger partial charge in [0.1, 0.15) is 12.3 Å². The van der Waals surface area contributed by atoms with E-state index < -0.39 is 36.7 Å². The van der Waals surface area contributed by atoms with Crippen LogP contribution in [0.1, 0.15) is 26.7 Å². The number of hydrogen-bond acceptors (Lipinski definition) is 8. The molecule has 0 saturated carbocycles. The fourth-order valence-electron chi connectivity index (χ4n) is 4.40. The van der Waals surface area contributed by atoms with Gasteiger partial charge in [0, 0.05) is 25.8 Å². The second-order valence-electron chi connectivity index (χ2n) is 7.89. The van der Waals surface area contributed by atoms with Gasteiger partial charge in [0.15, 0.2) is 12.2 Å². The number of benzene rings is 1. The van der Waals surface area contributed by atoms with Gasteiger partial charge in [-0.2, -0.15) is 0 Å². The number of imide groups is 1. The van der Waals surface area contributed by atoms with Gasteiger partial charge in [-0.15, -0.1) is 0 Å². The molecule has 1 aromatic rings. The van der Waals surface area contributed by atoms with Crippen LogP contribution in [0.4, 0.5) is 10.5 Å². The summed E-state index contributed by atoms with van der Waals surface area (Å²) in [6.07, 6.45) is 1.19. The first kappa shape index (κ1) is 21.9. The molecule has 2 unspecified atom stereocenters. The molecule has 172 valence electrons. The van der Waals surface area contributed by atoms with Crippen molar-refractivity contribution in [3.05, 3.63) is 24.3 Å². The summed E-state index contributed by atoms with van der Waals surface area (Å²) in [6.45, 7) is 5.41. The molecule has 0 spiro atoms. The smallest absolute Gasteiger partial charge is 0.328 e. The Bertz CT molecular complexity index is 918. The monoisotopic (exact) mass is 443 g/mol. The number of fused-ring (bicyclic) bond motifs is 3. The molecule has 0 aliphatic carbocycles. The van der Waals surface area contributed by atoms with E-state index in [-0.39, 0.29) is 6.61 Å². The lowest BCUT2D eigenvalue weighted by atomic mass is 10.1. The third-order valence-corrected chi connectivity index (χ3v) is 5.90. The molecule has 2 saturated heterocycles. The van der Waals surface area contributed by atoms with Crippen LogP contribution in [0.3, 0.4) is 0 Å². The third-order valence-electron chi connectivity index (χ3n) is 5.90. The van der Waals surface area contributed by atoms with Gasteiger partial charge in [0.05, 0.1) is 13.2 Å². The van der Waals surface area contributed by atoms with Gasteiger partial charge in [-0.05, 0) is 51.0 Å². The molecule has 0 bridgehead atoms. The Morgan fingerprint density at radius 3 is 2.50 bits per heavy atom. The summed E-state index contributed by atoms with van der Waals surface area (Å²) in [6, 6.07) is 6.58. The summed E-state index contributed by atoms with van der Waals surface area (Å²) in [5.41, 5.74) is 0.947. The van der Waals surface area contributed by atoms with Crippen molar-refractivity contribution in [3.63, 3.8) is 0 Å². The average molecular weight is 444 g/mol. The highest BCUT2D eigenvalue weighted by molar-refractivity contribution is 6.08. The van der Waals surface area contributed by atoms with Crippen LogP contribution in [0.2, 0.25) is 0 Å². The zero-order valence-electron chi connectivity index (χ0n) is 18.7. The predicted octanol–water partition coefficient (Wildman–Crippen LogP) is 1.51. The van der Waals surface area contributed by atoms with Crippen LogP contribution < -0.4 is 9.64 Å². The molecule has 1 aromatic carbocycles. The van der Waals surface area contributed by atoms with Crippen LogP contribution in [0, 0.1) is 0 Å². The summed E-state index contributed by atoms with van der Waals surface area (Å²) in [5, 5.41) is 0. The zero-order valence-corrected chi connectivity index (χ0v) is 18.7. The lowest BCUT2D eigenvalue weighted by molar-refractivity contribution is -0.150. The number of aliphatic imine (C=N–C) groups is 1. The standard InChI is InChI=1S/C22H29N5O5/c1-4-31-16-10-8-15(9-11-16)25-12-6-7-13-26-18-19(23-21(25)26)24(3)22(30)27(20(18)29)14-17(28)32-5-2/h8-11,18-19H,4-7,12-14H2,1-3H3. The molecule has 0 aromatic heterocycles. The van der Waals surface area contributed by atoms with E-state index in [1.165, 1.54) is 4.90 Å². The van der Waals surface area contributed by atoms with Crippen molar-refractivity contribution < 1.29 is 23.9 Å². The number of esters is 1. The average Bonchev–Trinajstić information content (AvgIpc) is 3.04. The number of guanidine groups is 1. The number of ether oxygens (including phenoxy) is 2. The van der Waals surface area contributed by atoms with E-state index in [0.717, 1.165) is 35.7 Å². The quantitative estimate of drug-likeness (QED) is 0.615. The minimum absolute atomic E-state index is 0.188. The van der Waals surface area contributed by atoms with E-state index in [2.05, 4.69) is 4.90 Å². The molecule has 3 aliphatic rings. The van der Waals surface area contributed by atoms with Crippen molar-refractivity contribution in [2.24, 2.45) is 4.99 Å². The number of anilines is 1. The van der Waals surface area contributed by atoms with Gasteiger partial charge in [0.2, 0.25) is 5.96 Å². The van der Waals surface area contributed by atoms with E-state index >= 15 is 0 Å². The lowest BCUT2D eigenvalue weighted by Crippen LogP contribution is -2.66. The van der Waals surface area contributed by atoms with Gasteiger partial charge in [0.25, 0.3) is 5.91 Å². The highest BCUT2D eigenvalue weighted by atomic mass is 16.5. The maximum atomic E-state index is 13.4. The number of amides is 3. The van der Waals surface area contributed by atoms with Crippen LogP contribution in [-0.2, 0) is 14.3 Å². The first-order valence-electron chi connectivity index (χ1n) is 11.0. The van der Waals surface area contributed by atoms with E-state index in [9.17, 15) is 14.4 Å². The van der Waals surface area contributed by atoms with Gasteiger partial charge < -0.3 is 24.2 Å². The van der Waals surface area contributed by atoms with Crippen LogP contribution in [0.25, 0.3) is 0 Å². The number of rotatable bonds is 6. The Labute approximate surface area is 187 Å². The fraction of sp³-hybridized carbons (Fsp3) is 0.545. The van der Waals surface area contributed by atoms with E-state index in [4.69, 9.17) is 14.5 Å². The molecule has 3 heterocycles. The van der Waals surface area contributed by atoms with Crippen LogP contribution >= 0.6 is 0 Å². The van der Waals surface area contributed by atoms with Gasteiger partial charge in [-0.3, -0.25) is 14.5 Å². The lowest BCUT2D eigenvalue weighted by Gasteiger charge is -2.41. The molecule has 0 N–H and O–H groups in total. The number of hydrogen-bond donors (Lipinski definition) is 0. The molecule has 0 radical (unpaired) electrons. The van der Waals surface area contributed by atoms with Gasteiger partial charge in [-0.25, -0.2) is 9.79 Å². The van der Waals surface area contributed by atoms with Gasteiger partial charge >= 0.3 is 12.0 Å². The Morgan fingerprint density at radius 2 is 1.81 bits per heavy atom. The Hall–Kier alpha value is -3.30. The number of carbonyl (C=O) groups is 3. The molecular formula is C22H29N5O5. The molecule has 10 heteroatoms. The summed E-state index contributed by atoms with van der Waals surface area (Å²) in [5.74, 6) is 0.443. The van der Waals surface area contributed by atoms with Crippen molar-refractivity contribution in [2.75, 3.05) is 44.8 Å². The fourth-order valence-corrected chi connectivity index (χ4v) is 4.40. The third kappa shape index (κ3) is 3.85. The highest BCUT2D eigenvalue weighted by Crippen LogP contribution is 2.33. The van der Waals surface area contributed by atoms with E-state index in [1.54, 1.807) is 14.0 Å². The van der Waals surface area contributed by atoms with Gasteiger partial charge in [-0.1, -0.05) is 0 Å². The minimum Gasteiger partial charge on any atom is -0.494 e. The molecule has 3 aliphatic heterocycles. The molecule has 4 rings (SSSR count). The number of nitrogens with zero attached hydrogens (tertiary/aromatic N) is 5. The highest BCUT2D eigenvalue weighted by Gasteiger charge is 2.53. The Balaban J connectivity index is 1.63. The number of carbonyl (C=O) groups excluding carboxylic acids is 3. The first-order valence-corrected chi connectivity index (χ1v) is 11.0. The van der Waals surface area contributed by atoms with Crippen LogP contribution in [0.5, 0.6) is 5.75 Å². The van der Waals surface area contributed by atoms with Crippen molar-refractivity contribution >= 4 is 29.6 Å². The molecule has 3 amide bonds. The zero-order chi connectivity index (χ0) is 22.8. The molecule has 32 heavy (non-hydrogen) atoms. The number of likely N-dealkylation sites (N-methyl/N-ethyl adjacent to an activating group) is 1. The first-order chi connectivity index (χ1) is 15.5. The molecule has 10 nitrogen and oxygen atoms in total.